The van der Waals surface area contributed by atoms with Gasteiger partial charge in [-0.05, 0) is 20.8 Å². The van der Waals surface area contributed by atoms with E-state index >= 15 is 0 Å². The lowest BCUT2D eigenvalue weighted by molar-refractivity contribution is -0.138. The number of alkyl carbamates (subject to hydrolysis) is 1. The first-order chi connectivity index (χ1) is 10.7. The Balaban J connectivity index is 2.43. The molecule has 1 rings (SSSR count). The smallest absolute Gasteiger partial charge is 0.408 e. The van der Waals surface area contributed by atoms with Crippen molar-refractivity contribution in [1.29, 1.82) is 0 Å². The van der Waals surface area contributed by atoms with E-state index in [9.17, 15) is 9.59 Å². The van der Waals surface area contributed by atoms with Crippen LogP contribution >= 0.6 is 11.8 Å². The van der Waals surface area contributed by atoms with Gasteiger partial charge in [-0.2, -0.15) is 11.8 Å². The molecule has 0 saturated carbocycles. The summed E-state index contributed by atoms with van der Waals surface area (Å²) in [4.78, 5) is 22.8. The van der Waals surface area contributed by atoms with Gasteiger partial charge in [-0.3, -0.25) is 0 Å². The van der Waals surface area contributed by atoms with Crippen LogP contribution in [0.15, 0.2) is 10.6 Å². The number of thioether (sulfide) groups is 1. The summed E-state index contributed by atoms with van der Waals surface area (Å²) in [7, 11) is 1.55. The number of hydrogen-bond acceptors (Lipinski definition) is 7. The van der Waals surface area contributed by atoms with E-state index in [0.29, 0.717) is 23.8 Å². The van der Waals surface area contributed by atoms with Gasteiger partial charge in [0.1, 0.15) is 18.2 Å². The number of carbonyl (C=O) groups is 2. The third-order valence-electron chi connectivity index (χ3n) is 2.42. The monoisotopic (exact) mass is 346 g/mol. The maximum Gasteiger partial charge on any atom is 0.408 e. The van der Waals surface area contributed by atoms with Gasteiger partial charge in [0.15, 0.2) is 5.76 Å². The van der Waals surface area contributed by atoms with Gasteiger partial charge in [-0.15, -0.1) is 0 Å². The number of rotatable bonds is 8. The number of aliphatic carboxylic acids is 1. The summed E-state index contributed by atoms with van der Waals surface area (Å²) in [5, 5.41) is 15.3. The number of carbonyl (C=O) groups excluding carboxylic acids is 1. The summed E-state index contributed by atoms with van der Waals surface area (Å²) in [6, 6.07) is 0.702. The third kappa shape index (κ3) is 7.89. The van der Waals surface area contributed by atoms with Crippen LogP contribution in [0.5, 0.6) is 0 Å². The topological polar surface area (TPSA) is 111 Å². The fourth-order valence-electron chi connectivity index (χ4n) is 1.54. The van der Waals surface area contributed by atoms with Crippen LogP contribution in [-0.4, -0.2) is 46.8 Å². The number of nitrogens with zero attached hydrogens (tertiary/aromatic N) is 1. The highest BCUT2D eigenvalue weighted by molar-refractivity contribution is 7.98. The first-order valence-electron chi connectivity index (χ1n) is 6.94. The second-order valence-corrected chi connectivity index (χ2v) is 6.80. The second-order valence-electron chi connectivity index (χ2n) is 5.77. The fraction of sp³-hybridized carbons (Fsp3) is 0.643. The molecule has 0 radical (unpaired) electrons. The van der Waals surface area contributed by atoms with E-state index in [0.717, 1.165) is 0 Å². The second kappa shape index (κ2) is 8.78. The molecule has 1 heterocycles. The molecule has 0 bridgehead atoms. The molecule has 1 aromatic heterocycles. The van der Waals surface area contributed by atoms with Gasteiger partial charge in [0.2, 0.25) is 0 Å². The largest absolute Gasteiger partial charge is 0.480 e. The van der Waals surface area contributed by atoms with Crippen LogP contribution in [0.25, 0.3) is 0 Å². The van der Waals surface area contributed by atoms with Crippen LogP contribution in [0.3, 0.4) is 0 Å². The van der Waals surface area contributed by atoms with Crippen molar-refractivity contribution in [3.8, 4) is 0 Å². The van der Waals surface area contributed by atoms with Crippen LogP contribution in [0.4, 0.5) is 4.79 Å². The van der Waals surface area contributed by atoms with Gasteiger partial charge < -0.3 is 24.4 Å². The molecule has 1 aromatic rings. The number of hydrogen-bond donors (Lipinski definition) is 2. The lowest BCUT2D eigenvalue weighted by atomic mass is 10.2. The van der Waals surface area contributed by atoms with E-state index in [1.807, 2.05) is 0 Å². The Hall–Kier alpha value is -1.74. The normalized spacial score (nSPS) is 12.7. The Morgan fingerprint density at radius 2 is 2.17 bits per heavy atom. The average Bonchev–Trinajstić information content (AvgIpc) is 2.83. The Labute approximate surface area is 138 Å². The first kappa shape index (κ1) is 19.3. The van der Waals surface area contributed by atoms with Crippen molar-refractivity contribution in [2.24, 2.45) is 0 Å². The summed E-state index contributed by atoms with van der Waals surface area (Å²) < 4.78 is 15.0. The fourth-order valence-corrected chi connectivity index (χ4v) is 2.46. The molecule has 0 fully saturated rings. The van der Waals surface area contributed by atoms with E-state index in [2.05, 4.69) is 10.5 Å². The van der Waals surface area contributed by atoms with Gasteiger partial charge in [-0.1, -0.05) is 5.16 Å². The Kier molecular flexibility index (Phi) is 7.37. The lowest BCUT2D eigenvalue weighted by Crippen LogP contribution is -2.44. The number of nitrogens with one attached hydrogen (secondary N) is 1. The van der Waals surface area contributed by atoms with Gasteiger partial charge in [0, 0.05) is 24.7 Å². The van der Waals surface area contributed by atoms with Gasteiger partial charge in [0.25, 0.3) is 0 Å². The molecule has 0 aliphatic carbocycles. The summed E-state index contributed by atoms with van der Waals surface area (Å²) in [5.41, 5.74) is 0.00195. The minimum atomic E-state index is -1.12. The SMILES string of the molecule is COCc1cc(CSCC(NC(=O)OC(C)(C)C)C(=O)O)no1. The summed E-state index contributed by atoms with van der Waals surface area (Å²) >= 11 is 1.32. The lowest BCUT2D eigenvalue weighted by Gasteiger charge is -2.21. The molecule has 9 heteroatoms. The molecule has 0 aliphatic heterocycles. The van der Waals surface area contributed by atoms with E-state index in [1.165, 1.54) is 11.8 Å². The summed E-state index contributed by atoms with van der Waals surface area (Å²) in [5.74, 6) is 0.127. The van der Waals surface area contributed by atoms with E-state index in [1.54, 1.807) is 33.9 Å². The molecule has 1 amide bonds. The number of carboxylic acids is 1. The molecule has 0 spiro atoms. The van der Waals surface area contributed by atoms with E-state index in [4.69, 9.17) is 19.1 Å². The number of methoxy groups -OCH3 is 1. The van der Waals surface area contributed by atoms with Crippen molar-refractivity contribution in [3.05, 3.63) is 17.5 Å². The number of aromatic nitrogens is 1. The summed E-state index contributed by atoms with van der Waals surface area (Å²) in [6.07, 6.45) is -0.755. The van der Waals surface area contributed by atoms with Crippen molar-refractivity contribution < 1.29 is 28.7 Å². The van der Waals surface area contributed by atoms with Crippen LogP contribution in [-0.2, 0) is 26.6 Å². The molecular weight excluding hydrogens is 324 g/mol. The zero-order valence-electron chi connectivity index (χ0n) is 13.6. The van der Waals surface area contributed by atoms with Crippen LogP contribution < -0.4 is 5.32 Å². The van der Waals surface area contributed by atoms with Crippen molar-refractivity contribution in [2.45, 2.75) is 44.8 Å². The molecule has 8 nitrogen and oxygen atoms in total. The zero-order valence-corrected chi connectivity index (χ0v) is 14.4. The highest BCUT2D eigenvalue weighted by Gasteiger charge is 2.24. The molecule has 1 unspecified atom stereocenters. The zero-order chi connectivity index (χ0) is 17.5. The Morgan fingerprint density at radius 3 is 2.74 bits per heavy atom. The molecule has 1 atom stereocenters. The minimum Gasteiger partial charge on any atom is -0.480 e. The minimum absolute atomic E-state index is 0.182. The van der Waals surface area contributed by atoms with Gasteiger partial charge >= 0.3 is 12.1 Å². The molecular formula is C14H22N2O6S. The highest BCUT2D eigenvalue weighted by Crippen LogP contribution is 2.15. The average molecular weight is 346 g/mol. The first-order valence-corrected chi connectivity index (χ1v) is 8.10. The van der Waals surface area contributed by atoms with Gasteiger partial charge in [-0.25, -0.2) is 9.59 Å². The van der Waals surface area contributed by atoms with Crippen molar-refractivity contribution in [2.75, 3.05) is 12.9 Å². The number of carboxylic acid groups (broad SMARTS) is 1. The number of amides is 1. The Morgan fingerprint density at radius 1 is 1.48 bits per heavy atom. The highest BCUT2D eigenvalue weighted by atomic mass is 32.2. The van der Waals surface area contributed by atoms with Crippen LogP contribution in [0.2, 0.25) is 0 Å². The molecule has 0 saturated heterocycles. The van der Waals surface area contributed by atoms with Crippen molar-refractivity contribution in [3.63, 3.8) is 0 Å². The maximum absolute atomic E-state index is 11.6. The molecule has 0 aliphatic rings. The van der Waals surface area contributed by atoms with Gasteiger partial charge in [0.05, 0.1) is 5.69 Å². The Bertz CT molecular complexity index is 526. The van der Waals surface area contributed by atoms with Crippen LogP contribution in [0, 0.1) is 0 Å². The van der Waals surface area contributed by atoms with Crippen molar-refractivity contribution in [1.82, 2.24) is 10.5 Å². The predicted molar refractivity (Wildman–Crippen MR) is 84.2 cm³/mol. The van der Waals surface area contributed by atoms with Crippen LogP contribution in [0.1, 0.15) is 32.2 Å². The van der Waals surface area contributed by atoms with E-state index < -0.39 is 23.7 Å². The molecule has 0 aromatic carbocycles. The standard InChI is InChI=1S/C14H22N2O6S/c1-14(2,3)21-13(19)15-11(12(17)18)8-23-7-9-5-10(6-20-4)22-16-9/h5,11H,6-8H2,1-4H3,(H,15,19)(H,17,18). The molecule has 2 N–H and O–H groups in total. The number of ether oxygens (including phenoxy) is 2. The summed E-state index contributed by atoms with van der Waals surface area (Å²) in [6.45, 7) is 5.45. The third-order valence-corrected chi connectivity index (χ3v) is 3.49. The quantitative estimate of drug-likeness (QED) is 0.735. The molecule has 23 heavy (non-hydrogen) atoms. The van der Waals surface area contributed by atoms with E-state index in [-0.39, 0.29) is 5.75 Å². The molecule has 130 valence electrons. The maximum atomic E-state index is 11.6. The van der Waals surface area contributed by atoms with Crippen molar-refractivity contribution >= 4 is 23.8 Å². The predicted octanol–water partition coefficient (Wildman–Crippen LogP) is 2.03.